The number of nitrogens with zero attached hydrogens (tertiary/aromatic N) is 2. The zero-order valence-corrected chi connectivity index (χ0v) is 22.4. The Bertz CT molecular complexity index is 1120. The van der Waals surface area contributed by atoms with Gasteiger partial charge in [0.15, 0.2) is 0 Å². The van der Waals surface area contributed by atoms with Crippen LogP contribution in [0.1, 0.15) is 65.2 Å². The molecule has 37 heavy (non-hydrogen) atoms. The van der Waals surface area contributed by atoms with E-state index in [1.165, 1.54) is 4.90 Å². The van der Waals surface area contributed by atoms with Crippen LogP contribution in [-0.4, -0.2) is 58.4 Å². The lowest BCUT2D eigenvalue weighted by atomic mass is 9.77. The van der Waals surface area contributed by atoms with Gasteiger partial charge in [0.25, 0.3) is 5.91 Å². The quantitative estimate of drug-likeness (QED) is 0.409. The predicted octanol–water partition coefficient (Wildman–Crippen LogP) is 4.55. The molecule has 0 bridgehead atoms. The number of imide groups is 1. The van der Waals surface area contributed by atoms with Gasteiger partial charge in [-0.2, -0.15) is 12.6 Å². The molecule has 2 aliphatic rings. The zero-order valence-electron chi connectivity index (χ0n) is 21.5. The van der Waals surface area contributed by atoms with Crippen LogP contribution in [0, 0.1) is 18.8 Å². The molecule has 1 saturated carbocycles. The standard InChI is InChI=1S/C28H32N2O5.CH4S/c1-19-8-2-4-10-21(19)26(32)29(18-31)16-15-25-22-11-5-3-9-20(22)14-17-30(25)27(33)23-12-6-7-13-24(23)28(34)35;1-2/h2-5,8-11,18,23-25H,6-7,12-17H2,1H3,(H,34,35);2H,1H3. The molecule has 0 saturated heterocycles. The van der Waals surface area contributed by atoms with Crippen molar-refractivity contribution >= 4 is 36.8 Å². The molecule has 3 amide bonds. The summed E-state index contributed by atoms with van der Waals surface area (Å²) in [7, 11) is 0. The average molecular weight is 525 g/mol. The Kier molecular flexibility index (Phi) is 10.3. The minimum absolute atomic E-state index is 0.125. The second kappa shape index (κ2) is 13.4. The summed E-state index contributed by atoms with van der Waals surface area (Å²) in [4.78, 5) is 53.5. The number of hydrogen-bond acceptors (Lipinski definition) is 5. The Hall–Kier alpha value is -3.13. The van der Waals surface area contributed by atoms with Crippen LogP contribution < -0.4 is 0 Å². The Balaban J connectivity index is 0.00000186. The molecule has 0 aromatic heterocycles. The third-order valence-electron chi connectivity index (χ3n) is 7.50. The van der Waals surface area contributed by atoms with Crippen molar-refractivity contribution in [2.75, 3.05) is 19.3 Å². The summed E-state index contributed by atoms with van der Waals surface area (Å²) in [5.74, 6) is -2.60. The summed E-state index contributed by atoms with van der Waals surface area (Å²) < 4.78 is 0. The second-order valence-corrected chi connectivity index (χ2v) is 9.54. The number of carboxylic acids is 1. The Morgan fingerprint density at radius 2 is 1.68 bits per heavy atom. The third-order valence-corrected chi connectivity index (χ3v) is 7.50. The molecule has 1 N–H and O–H groups in total. The van der Waals surface area contributed by atoms with Gasteiger partial charge in [0, 0.05) is 18.7 Å². The first-order valence-corrected chi connectivity index (χ1v) is 13.7. The van der Waals surface area contributed by atoms with Crippen molar-refractivity contribution in [3.8, 4) is 0 Å². The molecule has 4 rings (SSSR count). The molecule has 2 aromatic carbocycles. The molecule has 0 spiro atoms. The van der Waals surface area contributed by atoms with Crippen molar-refractivity contribution in [1.82, 2.24) is 9.80 Å². The Labute approximate surface area is 224 Å². The summed E-state index contributed by atoms with van der Waals surface area (Å²) in [6.07, 6.45) is 6.10. The highest BCUT2D eigenvalue weighted by Gasteiger charge is 2.41. The van der Waals surface area contributed by atoms with E-state index in [2.05, 4.69) is 12.6 Å². The van der Waals surface area contributed by atoms with E-state index in [0.717, 1.165) is 29.5 Å². The number of thiol groups is 1. The molecule has 7 nitrogen and oxygen atoms in total. The van der Waals surface area contributed by atoms with Gasteiger partial charge in [0.05, 0.1) is 17.9 Å². The molecule has 198 valence electrons. The maximum absolute atomic E-state index is 13.7. The van der Waals surface area contributed by atoms with Crippen molar-refractivity contribution in [2.24, 2.45) is 11.8 Å². The number of fused-ring (bicyclic) bond motifs is 1. The summed E-state index contributed by atoms with van der Waals surface area (Å²) in [6.45, 7) is 2.49. The Morgan fingerprint density at radius 3 is 2.35 bits per heavy atom. The molecule has 1 fully saturated rings. The molecular formula is C29H36N2O5S. The highest BCUT2D eigenvalue weighted by molar-refractivity contribution is 7.79. The second-order valence-electron chi connectivity index (χ2n) is 9.54. The molecule has 0 radical (unpaired) electrons. The number of carbonyl (C=O) groups is 4. The van der Waals surface area contributed by atoms with E-state index >= 15 is 0 Å². The summed E-state index contributed by atoms with van der Waals surface area (Å²) in [5, 5.41) is 9.73. The number of aliphatic carboxylic acids is 1. The maximum Gasteiger partial charge on any atom is 0.307 e. The van der Waals surface area contributed by atoms with E-state index in [1.807, 2.05) is 43.3 Å². The van der Waals surface area contributed by atoms with Crippen molar-refractivity contribution in [3.05, 3.63) is 70.8 Å². The van der Waals surface area contributed by atoms with Crippen LogP contribution in [0.2, 0.25) is 0 Å². The largest absolute Gasteiger partial charge is 0.481 e. The SMILES string of the molecule is CS.Cc1ccccc1C(=O)N(C=O)CCC1c2ccccc2CCN1C(=O)C1CCCCC1C(=O)O. The van der Waals surface area contributed by atoms with Gasteiger partial charge >= 0.3 is 5.97 Å². The van der Waals surface area contributed by atoms with Crippen molar-refractivity contribution in [2.45, 2.75) is 51.5 Å². The summed E-state index contributed by atoms with van der Waals surface area (Å²) in [5.41, 5.74) is 3.41. The highest BCUT2D eigenvalue weighted by atomic mass is 32.1. The molecular weight excluding hydrogens is 488 g/mol. The summed E-state index contributed by atoms with van der Waals surface area (Å²) >= 11 is 3.53. The van der Waals surface area contributed by atoms with Crippen LogP contribution >= 0.6 is 12.6 Å². The lowest BCUT2D eigenvalue weighted by molar-refractivity contribution is -0.153. The van der Waals surface area contributed by atoms with Gasteiger partial charge in [-0.3, -0.25) is 24.1 Å². The summed E-state index contributed by atoms with van der Waals surface area (Å²) in [6, 6.07) is 14.7. The third kappa shape index (κ3) is 6.42. The van der Waals surface area contributed by atoms with E-state index in [0.29, 0.717) is 44.2 Å². The number of aryl methyl sites for hydroxylation is 1. The smallest absolute Gasteiger partial charge is 0.307 e. The average Bonchev–Trinajstić information content (AvgIpc) is 2.94. The first kappa shape index (κ1) is 28.4. The van der Waals surface area contributed by atoms with Crippen LogP contribution in [0.5, 0.6) is 0 Å². The Morgan fingerprint density at radius 1 is 1.03 bits per heavy atom. The normalized spacial score (nSPS) is 20.6. The van der Waals surface area contributed by atoms with Crippen LogP contribution in [0.4, 0.5) is 0 Å². The number of rotatable bonds is 7. The lowest BCUT2D eigenvalue weighted by Crippen LogP contribution is -2.47. The van der Waals surface area contributed by atoms with Gasteiger partial charge in [-0.15, -0.1) is 0 Å². The number of benzene rings is 2. The van der Waals surface area contributed by atoms with Crippen LogP contribution in [0.15, 0.2) is 48.5 Å². The fourth-order valence-corrected chi connectivity index (χ4v) is 5.59. The maximum atomic E-state index is 13.7. The molecule has 2 aromatic rings. The van der Waals surface area contributed by atoms with Gasteiger partial charge in [-0.25, -0.2) is 0 Å². The van der Waals surface area contributed by atoms with Crippen molar-refractivity contribution in [3.63, 3.8) is 0 Å². The van der Waals surface area contributed by atoms with Crippen LogP contribution in [0.25, 0.3) is 0 Å². The fraction of sp³-hybridized carbons (Fsp3) is 0.448. The number of carbonyl (C=O) groups excluding carboxylic acids is 3. The topological polar surface area (TPSA) is 95.0 Å². The number of carboxylic acid groups (broad SMARTS) is 1. The molecule has 3 atom stereocenters. The van der Waals surface area contributed by atoms with Gasteiger partial charge in [0.2, 0.25) is 12.3 Å². The van der Waals surface area contributed by atoms with E-state index < -0.39 is 17.8 Å². The molecule has 1 heterocycles. The first-order valence-electron chi connectivity index (χ1n) is 12.8. The van der Waals surface area contributed by atoms with E-state index in [-0.39, 0.29) is 24.4 Å². The van der Waals surface area contributed by atoms with Crippen LogP contribution in [0.3, 0.4) is 0 Å². The number of amides is 3. The van der Waals surface area contributed by atoms with E-state index in [4.69, 9.17) is 0 Å². The molecule has 8 heteroatoms. The highest BCUT2D eigenvalue weighted by Crippen LogP contribution is 2.38. The minimum Gasteiger partial charge on any atom is -0.481 e. The van der Waals surface area contributed by atoms with Gasteiger partial charge < -0.3 is 10.0 Å². The predicted molar refractivity (Wildman–Crippen MR) is 145 cm³/mol. The molecule has 1 aliphatic carbocycles. The lowest BCUT2D eigenvalue weighted by Gasteiger charge is -2.41. The van der Waals surface area contributed by atoms with Gasteiger partial charge in [0.1, 0.15) is 0 Å². The fourth-order valence-electron chi connectivity index (χ4n) is 5.59. The molecule has 1 aliphatic heterocycles. The van der Waals surface area contributed by atoms with Crippen molar-refractivity contribution in [1.29, 1.82) is 0 Å². The van der Waals surface area contributed by atoms with Crippen LogP contribution in [-0.2, 0) is 20.8 Å². The monoisotopic (exact) mass is 524 g/mol. The van der Waals surface area contributed by atoms with Gasteiger partial charge in [-0.1, -0.05) is 55.3 Å². The van der Waals surface area contributed by atoms with Crippen molar-refractivity contribution < 1.29 is 24.3 Å². The van der Waals surface area contributed by atoms with E-state index in [1.54, 1.807) is 23.3 Å². The van der Waals surface area contributed by atoms with Gasteiger partial charge in [-0.05, 0) is 61.6 Å². The first-order chi connectivity index (χ1) is 17.9. The molecule has 3 unspecified atom stereocenters. The minimum atomic E-state index is -0.909. The van der Waals surface area contributed by atoms with E-state index in [9.17, 15) is 24.3 Å². The number of hydrogen-bond donors (Lipinski definition) is 2. The zero-order chi connectivity index (χ0) is 26.9.